The molecule has 0 aliphatic rings. The van der Waals surface area contributed by atoms with Crippen LogP contribution in [0.2, 0.25) is 5.02 Å². The van der Waals surface area contributed by atoms with E-state index in [1.807, 2.05) is 0 Å². The molecule has 0 amide bonds. The first-order valence-corrected chi connectivity index (χ1v) is 9.25. The number of nitriles is 1. The molecule has 0 aliphatic heterocycles. The van der Waals surface area contributed by atoms with Gasteiger partial charge in [0.1, 0.15) is 17.7 Å². The predicted molar refractivity (Wildman–Crippen MR) is 102 cm³/mol. The van der Waals surface area contributed by atoms with Gasteiger partial charge in [-0.15, -0.1) is 0 Å². The maximum absolute atomic E-state index is 13.9. The Morgan fingerprint density at radius 1 is 1.18 bits per heavy atom. The lowest BCUT2D eigenvalue weighted by molar-refractivity contribution is 0.105. The fourth-order valence-corrected chi connectivity index (χ4v) is 3.77. The highest BCUT2D eigenvalue weighted by molar-refractivity contribution is 7.18. The molecule has 0 aliphatic carbocycles. The van der Waals surface area contributed by atoms with Gasteiger partial charge in [0, 0.05) is 21.5 Å². The minimum absolute atomic E-state index is 0.139. The van der Waals surface area contributed by atoms with Gasteiger partial charge in [0.2, 0.25) is 0 Å². The van der Waals surface area contributed by atoms with Gasteiger partial charge in [0.15, 0.2) is 5.06 Å². The fraction of sp³-hybridized carbons (Fsp3) is 0.100. The lowest BCUT2D eigenvalue weighted by Crippen LogP contribution is -2.08. The Morgan fingerprint density at radius 3 is 2.64 bits per heavy atom. The molecule has 0 saturated heterocycles. The molecular formula is C20H12ClF2NO3S. The molecule has 0 N–H and O–H groups in total. The summed E-state index contributed by atoms with van der Waals surface area (Å²) in [7, 11) is 0. The molecule has 1 heterocycles. The molecule has 0 radical (unpaired) electrons. The lowest BCUT2D eigenvalue weighted by Gasteiger charge is -2.06. The van der Waals surface area contributed by atoms with Crippen LogP contribution in [0.3, 0.4) is 0 Å². The van der Waals surface area contributed by atoms with Crippen LogP contribution in [0.4, 0.5) is 13.6 Å². The second-order valence-electron chi connectivity index (χ2n) is 5.56. The van der Waals surface area contributed by atoms with Crippen LogP contribution in [0.25, 0.3) is 21.6 Å². The molecular weight excluding hydrogens is 408 g/mol. The number of ether oxygens (including phenoxy) is 2. The Kier molecular flexibility index (Phi) is 5.93. The van der Waals surface area contributed by atoms with Crippen molar-refractivity contribution < 1.29 is 23.0 Å². The van der Waals surface area contributed by atoms with E-state index in [1.165, 1.54) is 30.3 Å². The number of hydrogen-bond acceptors (Lipinski definition) is 5. The zero-order valence-electron chi connectivity index (χ0n) is 14.5. The van der Waals surface area contributed by atoms with Gasteiger partial charge in [-0.2, -0.15) is 5.26 Å². The lowest BCUT2D eigenvalue weighted by atomic mass is 10.0. The SMILES string of the molecule is CCOC(=O)Oc1cc(-c2ccc(F)c(C#N)c2)c(-c2cc(F)cc(Cl)c2)s1. The van der Waals surface area contributed by atoms with E-state index < -0.39 is 17.8 Å². The first-order chi connectivity index (χ1) is 13.4. The Labute approximate surface area is 168 Å². The number of carbonyl (C=O) groups is 1. The standard InChI is InChI=1S/C20H12ClF2NO3S/c1-2-26-20(25)27-18-9-16(11-3-4-17(23)13(5-11)10-24)19(28-18)12-6-14(21)8-15(22)7-12/h3-9H,2H2,1H3. The first-order valence-electron chi connectivity index (χ1n) is 8.06. The fourth-order valence-electron chi connectivity index (χ4n) is 2.54. The van der Waals surface area contributed by atoms with Crippen LogP contribution >= 0.6 is 22.9 Å². The van der Waals surface area contributed by atoms with E-state index in [4.69, 9.17) is 26.3 Å². The van der Waals surface area contributed by atoms with Crippen molar-refractivity contribution in [1.29, 1.82) is 5.26 Å². The van der Waals surface area contributed by atoms with E-state index in [-0.39, 0.29) is 22.3 Å². The molecule has 1 aromatic heterocycles. The molecule has 0 unspecified atom stereocenters. The highest BCUT2D eigenvalue weighted by atomic mass is 35.5. The molecule has 3 rings (SSSR count). The van der Waals surface area contributed by atoms with Gasteiger partial charge in [0.05, 0.1) is 12.2 Å². The molecule has 0 bridgehead atoms. The molecule has 0 atom stereocenters. The molecule has 2 aromatic carbocycles. The van der Waals surface area contributed by atoms with Crippen LogP contribution < -0.4 is 4.74 Å². The monoisotopic (exact) mass is 419 g/mol. The number of nitrogens with zero attached hydrogens (tertiary/aromatic N) is 1. The minimum Gasteiger partial charge on any atom is -0.434 e. The summed E-state index contributed by atoms with van der Waals surface area (Å²) in [4.78, 5) is 12.2. The maximum Gasteiger partial charge on any atom is 0.514 e. The molecule has 0 fully saturated rings. The van der Waals surface area contributed by atoms with Gasteiger partial charge in [0.25, 0.3) is 0 Å². The zero-order chi connectivity index (χ0) is 20.3. The van der Waals surface area contributed by atoms with Crippen LogP contribution in [0.15, 0.2) is 42.5 Å². The topological polar surface area (TPSA) is 59.3 Å². The third-order valence-electron chi connectivity index (χ3n) is 3.68. The van der Waals surface area contributed by atoms with Crippen molar-refractivity contribution in [2.24, 2.45) is 0 Å². The third kappa shape index (κ3) is 4.30. The van der Waals surface area contributed by atoms with Gasteiger partial charge in [-0.1, -0.05) is 29.0 Å². The average molecular weight is 420 g/mol. The summed E-state index contributed by atoms with van der Waals surface area (Å²) >= 11 is 7.04. The quantitative estimate of drug-likeness (QED) is 0.458. The number of rotatable bonds is 4. The highest BCUT2D eigenvalue weighted by Gasteiger charge is 2.18. The second-order valence-corrected chi connectivity index (χ2v) is 7.01. The molecule has 8 heteroatoms. The van der Waals surface area contributed by atoms with Gasteiger partial charge in [-0.3, -0.25) is 0 Å². The van der Waals surface area contributed by atoms with E-state index in [9.17, 15) is 13.6 Å². The molecule has 3 aromatic rings. The summed E-state index contributed by atoms with van der Waals surface area (Å²) in [6.45, 7) is 1.79. The van der Waals surface area contributed by atoms with E-state index >= 15 is 0 Å². The Balaban J connectivity index is 2.15. The molecule has 142 valence electrons. The third-order valence-corrected chi connectivity index (χ3v) is 4.96. The summed E-state index contributed by atoms with van der Waals surface area (Å²) in [5.74, 6) is -1.19. The van der Waals surface area contributed by atoms with Crippen molar-refractivity contribution in [2.75, 3.05) is 6.61 Å². The minimum atomic E-state index is -0.879. The van der Waals surface area contributed by atoms with Crippen molar-refractivity contribution in [3.63, 3.8) is 0 Å². The maximum atomic E-state index is 13.9. The molecule has 0 spiro atoms. The van der Waals surface area contributed by atoms with Crippen molar-refractivity contribution >= 4 is 29.1 Å². The van der Waals surface area contributed by atoms with Crippen molar-refractivity contribution in [1.82, 2.24) is 0 Å². The van der Waals surface area contributed by atoms with E-state index in [1.54, 1.807) is 25.1 Å². The number of thiophene rings is 1. The molecule has 4 nitrogen and oxygen atoms in total. The van der Waals surface area contributed by atoms with Gasteiger partial charge in [-0.25, -0.2) is 13.6 Å². The largest absolute Gasteiger partial charge is 0.514 e. The summed E-state index contributed by atoms with van der Waals surface area (Å²) in [6, 6.07) is 11.4. The van der Waals surface area contributed by atoms with E-state index in [0.717, 1.165) is 11.3 Å². The van der Waals surface area contributed by atoms with Crippen molar-refractivity contribution in [3.05, 3.63) is 64.7 Å². The van der Waals surface area contributed by atoms with Crippen LogP contribution in [-0.4, -0.2) is 12.8 Å². The van der Waals surface area contributed by atoms with Gasteiger partial charge < -0.3 is 9.47 Å². The smallest absolute Gasteiger partial charge is 0.434 e. The van der Waals surface area contributed by atoms with Crippen LogP contribution in [-0.2, 0) is 4.74 Å². The normalized spacial score (nSPS) is 10.4. The summed E-state index contributed by atoms with van der Waals surface area (Å²) < 4.78 is 37.5. The molecule has 0 saturated carbocycles. The zero-order valence-corrected chi connectivity index (χ0v) is 16.0. The Morgan fingerprint density at radius 2 is 1.96 bits per heavy atom. The van der Waals surface area contributed by atoms with Crippen LogP contribution in [0.5, 0.6) is 5.06 Å². The van der Waals surface area contributed by atoms with Gasteiger partial charge >= 0.3 is 6.16 Å². The summed E-state index contributed by atoms with van der Waals surface area (Å²) in [6.07, 6.45) is -0.879. The summed E-state index contributed by atoms with van der Waals surface area (Å²) in [5.41, 5.74) is 1.34. The first kappa shape index (κ1) is 19.8. The van der Waals surface area contributed by atoms with Crippen molar-refractivity contribution in [3.8, 4) is 32.7 Å². The Bertz CT molecular complexity index is 1070. The van der Waals surface area contributed by atoms with Gasteiger partial charge in [-0.05, 0) is 48.4 Å². The highest BCUT2D eigenvalue weighted by Crippen LogP contribution is 2.44. The second kappa shape index (κ2) is 8.38. The van der Waals surface area contributed by atoms with Crippen LogP contribution in [0, 0.1) is 23.0 Å². The number of hydrogen-bond donors (Lipinski definition) is 0. The van der Waals surface area contributed by atoms with Crippen LogP contribution in [0.1, 0.15) is 12.5 Å². The Hall–Kier alpha value is -2.95. The van der Waals surface area contributed by atoms with E-state index in [0.29, 0.717) is 21.6 Å². The summed E-state index contributed by atoms with van der Waals surface area (Å²) in [5, 5.41) is 9.49. The number of carbonyl (C=O) groups excluding carboxylic acids is 1. The predicted octanol–water partition coefficient (Wildman–Crippen LogP) is 6.42. The molecule has 28 heavy (non-hydrogen) atoms. The van der Waals surface area contributed by atoms with Crippen molar-refractivity contribution in [2.45, 2.75) is 6.92 Å². The average Bonchev–Trinajstić information content (AvgIpc) is 3.05. The van der Waals surface area contributed by atoms with E-state index in [2.05, 4.69) is 0 Å². The number of benzene rings is 2. The number of halogens is 3.